The van der Waals surface area contributed by atoms with Crippen LogP contribution in [-0.4, -0.2) is 15.3 Å². The molecule has 0 aliphatic heterocycles. The van der Waals surface area contributed by atoms with E-state index in [1.54, 1.807) is 72.8 Å². The summed E-state index contributed by atoms with van der Waals surface area (Å²) in [5, 5.41) is 38.1. The standard InChI is InChI=1S/C22H17NO3/c23-14-13-21(15-1-7-18(24)8-2-15)22(16-3-9-19(25)10-4-16)17-5-11-20(26)12-6-17/h1-12,24-26H,13H2. The molecule has 3 aromatic rings. The minimum Gasteiger partial charge on any atom is -0.508 e. The van der Waals surface area contributed by atoms with Gasteiger partial charge >= 0.3 is 0 Å². The Morgan fingerprint density at radius 2 is 0.962 bits per heavy atom. The summed E-state index contributed by atoms with van der Waals surface area (Å²) in [4.78, 5) is 0. The van der Waals surface area contributed by atoms with Crippen molar-refractivity contribution >= 4 is 11.1 Å². The van der Waals surface area contributed by atoms with Crippen LogP contribution in [0.2, 0.25) is 0 Å². The lowest BCUT2D eigenvalue weighted by Crippen LogP contribution is -1.95. The topological polar surface area (TPSA) is 84.5 Å². The van der Waals surface area contributed by atoms with Crippen LogP contribution >= 0.6 is 0 Å². The molecule has 0 atom stereocenters. The van der Waals surface area contributed by atoms with Gasteiger partial charge in [-0.2, -0.15) is 5.26 Å². The average molecular weight is 343 g/mol. The third-order valence-corrected chi connectivity index (χ3v) is 4.09. The molecule has 0 fully saturated rings. The molecule has 0 spiro atoms. The smallest absolute Gasteiger partial charge is 0.115 e. The number of aromatic hydroxyl groups is 3. The number of benzene rings is 3. The molecule has 0 heterocycles. The van der Waals surface area contributed by atoms with Crippen molar-refractivity contribution in [1.29, 1.82) is 5.26 Å². The van der Waals surface area contributed by atoms with Crippen molar-refractivity contribution in [2.45, 2.75) is 6.42 Å². The van der Waals surface area contributed by atoms with Gasteiger partial charge in [0.15, 0.2) is 0 Å². The molecule has 0 aliphatic rings. The van der Waals surface area contributed by atoms with Crippen molar-refractivity contribution in [3.8, 4) is 23.3 Å². The van der Waals surface area contributed by atoms with Crippen LogP contribution in [0.1, 0.15) is 23.1 Å². The van der Waals surface area contributed by atoms with Crippen molar-refractivity contribution in [3.63, 3.8) is 0 Å². The number of nitrogens with zero attached hydrogens (tertiary/aromatic N) is 1. The van der Waals surface area contributed by atoms with Crippen LogP contribution in [0.3, 0.4) is 0 Å². The first-order valence-electron chi connectivity index (χ1n) is 8.07. The molecule has 3 N–H and O–H groups in total. The SMILES string of the molecule is N#CCC(=C(c1ccc(O)cc1)c1ccc(O)cc1)c1ccc(O)cc1. The van der Waals surface area contributed by atoms with Gasteiger partial charge in [0.25, 0.3) is 0 Å². The Bertz CT molecular complexity index is 916. The summed E-state index contributed by atoms with van der Waals surface area (Å²) >= 11 is 0. The first-order chi connectivity index (χ1) is 12.6. The van der Waals surface area contributed by atoms with Gasteiger partial charge in [0.2, 0.25) is 0 Å². The van der Waals surface area contributed by atoms with Gasteiger partial charge in [-0.1, -0.05) is 36.4 Å². The van der Waals surface area contributed by atoms with E-state index in [-0.39, 0.29) is 23.7 Å². The van der Waals surface area contributed by atoms with E-state index < -0.39 is 0 Å². The number of phenolic OH excluding ortho intramolecular Hbond substituents is 3. The van der Waals surface area contributed by atoms with Crippen molar-refractivity contribution in [2.75, 3.05) is 0 Å². The highest BCUT2D eigenvalue weighted by Gasteiger charge is 2.14. The maximum absolute atomic E-state index is 9.61. The van der Waals surface area contributed by atoms with E-state index in [0.717, 1.165) is 27.8 Å². The van der Waals surface area contributed by atoms with E-state index in [4.69, 9.17) is 0 Å². The van der Waals surface area contributed by atoms with E-state index in [0.29, 0.717) is 0 Å². The lowest BCUT2D eigenvalue weighted by Gasteiger charge is -2.16. The van der Waals surface area contributed by atoms with Gasteiger partial charge < -0.3 is 15.3 Å². The minimum absolute atomic E-state index is 0.154. The molecule has 0 aliphatic carbocycles. The Morgan fingerprint density at radius 3 is 1.31 bits per heavy atom. The van der Waals surface area contributed by atoms with Gasteiger partial charge in [0.05, 0.1) is 12.5 Å². The Morgan fingerprint density at radius 1 is 0.615 bits per heavy atom. The number of nitriles is 1. The zero-order chi connectivity index (χ0) is 18.5. The fourth-order valence-corrected chi connectivity index (χ4v) is 2.85. The number of hydrogen-bond acceptors (Lipinski definition) is 4. The van der Waals surface area contributed by atoms with Gasteiger partial charge in [-0.25, -0.2) is 0 Å². The normalized spacial score (nSPS) is 10.1. The predicted molar refractivity (Wildman–Crippen MR) is 100 cm³/mol. The molecular weight excluding hydrogens is 326 g/mol. The Balaban J connectivity index is 2.29. The molecular formula is C22H17NO3. The predicted octanol–water partition coefficient (Wildman–Crippen LogP) is 4.68. The lowest BCUT2D eigenvalue weighted by atomic mass is 9.88. The molecule has 0 saturated carbocycles. The maximum Gasteiger partial charge on any atom is 0.115 e. The van der Waals surface area contributed by atoms with Gasteiger partial charge in [0.1, 0.15) is 17.2 Å². The second-order valence-corrected chi connectivity index (χ2v) is 5.83. The molecule has 0 aromatic heterocycles. The fraction of sp³-hybridized carbons (Fsp3) is 0.0455. The Kier molecular flexibility index (Phi) is 4.91. The molecule has 3 aromatic carbocycles. The third kappa shape index (κ3) is 3.68. The largest absolute Gasteiger partial charge is 0.508 e. The zero-order valence-corrected chi connectivity index (χ0v) is 13.9. The molecule has 4 heteroatoms. The van der Waals surface area contributed by atoms with Gasteiger partial charge in [-0.05, 0) is 64.2 Å². The van der Waals surface area contributed by atoms with E-state index in [1.165, 1.54) is 0 Å². The Hall–Kier alpha value is -3.71. The summed E-state index contributed by atoms with van der Waals surface area (Å²) < 4.78 is 0. The van der Waals surface area contributed by atoms with Gasteiger partial charge in [0, 0.05) is 0 Å². The highest BCUT2D eigenvalue weighted by atomic mass is 16.3. The number of hydrogen-bond donors (Lipinski definition) is 3. The van der Waals surface area contributed by atoms with E-state index in [2.05, 4.69) is 6.07 Å². The number of rotatable bonds is 4. The first-order valence-corrected chi connectivity index (χ1v) is 8.07. The summed E-state index contributed by atoms with van der Waals surface area (Å²) in [7, 11) is 0. The van der Waals surface area contributed by atoms with Gasteiger partial charge in [-0.15, -0.1) is 0 Å². The molecule has 0 saturated heterocycles. The van der Waals surface area contributed by atoms with E-state index in [1.807, 2.05) is 0 Å². The maximum atomic E-state index is 9.61. The summed E-state index contributed by atoms with van der Waals surface area (Å²) in [6.07, 6.45) is 0.169. The molecule has 26 heavy (non-hydrogen) atoms. The van der Waals surface area contributed by atoms with Crippen LogP contribution in [-0.2, 0) is 0 Å². The van der Waals surface area contributed by atoms with Crippen LogP contribution in [0, 0.1) is 11.3 Å². The summed E-state index contributed by atoms with van der Waals surface area (Å²) in [6, 6.07) is 22.4. The summed E-state index contributed by atoms with van der Waals surface area (Å²) in [5.74, 6) is 0.469. The highest BCUT2D eigenvalue weighted by Crippen LogP contribution is 2.35. The van der Waals surface area contributed by atoms with E-state index in [9.17, 15) is 20.6 Å². The highest BCUT2D eigenvalue weighted by molar-refractivity contribution is 5.99. The monoisotopic (exact) mass is 343 g/mol. The molecule has 4 nitrogen and oxygen atoms in total. The molecule has 128 valence electrons. The quantitative estimate of drug-likeness (QED) is 0.601. The van der Waals surface area contributed by atoms with Crippen LogP contribution < -0.4 is 0 Å². The van der Waals surface area contributed by atoms with Crippen molar-refractivity contribution in [3.05, 3.63) is 89.5 Å². The van der Waals surface area contributed by atoms with Crippen LogP contribution in [0.15, 0.2) is 72.8 Å². The van der Waals surface area contributed by atoms with Crippen molar-refractivity contribution < 1.29 is 15.3 Å². The zero-order valence-electron chi connectivity index (χ0n) is 13.9. The summed E-state index contributed by atoms with van der Waals surface area (Å²) in [6.45, 7) is 0. The molecule has 3 rings (SSSR count). The third-order valence-electron chi connectivity index (χ3n) is 4.09. The number of allylic oxidation sites excluding steroid dienone is 1. The lowest BCUT2D eigenvalue weighted by molar-refractivity contribution is 0.474. The van der Waals surface area contributed by atoms with Crippen molar-refractivity contribution in [2.24, 2.45) is 0 Å². The van der Waals surface area contributed by atoms with Gasteiger partial charge in [-0.3, -0.25) is 0 Å². The second-order valence-electron chi connectivity index (χ2n) is 5.83. The molecule has 0 radical (unpaired) electrons. The summed E-state index contributed by atoms with van der Waals surface area (Å²) in [5.41, 5.74) is 4.13. The number of phenols is 3. The minimum atomic E-state index is 0.154. The van der Waals surface area contributed by atoms with Crippen molar-refractivity contribution in [1.82, 2.24) is 0 Å². The van der Waals surface area contributed by atoms with Crippen LogP contribution in [0.25, 0.3) is 11.1 Å². The average Bonchev–Trinajstić information content (AvgIpc) is 2.65. The van der Waals surface area contributed by atoms with E-state index >= 15 is 0 Å². The van der Waals surface area contributed by atoms with Crippen LogP contribution in [0.5, 0.6) is 17.2 Å². The second kappa shape index (κ2) is 7.45. The van der Waals surface area contributed by atoms with Crippen LogP contribution in [0.4, 0.5) is 0 Å². The fourth-order valence-electron chi connectivity index (χ4n) is 2.85. The molecule has 0 unspecified atom stereocenters. The Labute approximate surface area is 151 Å². The molecule has 0 amide bonds. The molecule has 0 bridgehead atoms. The first kappa shape index (κ1) is 17.1.